The molecule has 6 heteroatoms. The minimum atomic E-state index is -0.503. The number of esters is 1. The number of alkyl halides is 1. The van der Waals surface area contributed by atoms with Crippen LogP contribution in [-0.4, -0.2) is 17.5 Å². The number of ether oxygens (including phenoxy) is 1. The Morgan fingerprint density at radius 1 is 1.53 bits per heavy atom. The van der Waals surface area contributed by atoms with Gasteiger partial charge in [-0.25, -0.2) is 4.79 Å². The lowest BCUT2D eigenvalue weighted by atomic mass is 10.0. The lowest BCUT2D eigenvalue weighted by Crippen LogP contribution is -2.07. The molecule has 0 saturated carbocycles. The molecule has 5 nitrogen and oxygen atoms in total. The number of nitro groups is 1. The first kappa shape index (κ1) is 13.4. The first-order valence-electron chi connectivity index (χ1n) is 5.02. The lowest BCUT2D eigenvalue weighted by molar-refractivity contribution is -0.386. The Morgan fingerprint density at radius 3 is 2.65 bits per heavy atom. The molecule has 0 bridgehead atoms. The third-order valence-corrected chi connectivity index (χ3v) is 2.51. The maximum atomic E-state index is 11.5. The van der Waals surface area contributed by atoms with Crippen LogP contribution in [0.1, 0.15) is 28.4 Å². The monoisotopic (exact) mass is 257 g/mol. The van der Waals surface area contributed by atoms with Gasteiger partial charge in [0.25, 0.3) is 5.69 Å². The molecule has 0 radical (unpaired) electrons. The van der Waals surface area contributed by atoms with Gasteiger partial charge in [0.2, 0.25) is 0 Å². The second-order valence-corrected chi connectivity index (χ2v) is 3.68. The van der Waals surface area contributed by atoms with E-state index in [1.54, 1.807) is 13.8 Å². The number of nitrogens with zero attached hydrogens (tertiary/aromatic N) is 1. The summed E-state index contributed by atoms with van der Waals surface area (Å²) in [6.07, 6.45) is 0. The summed E-state index contributed by atoms with van der Waals surface area (Å²) >= 11 is 5.65. The number of benzene rings is 1. The predicted octanol–water partition coefficient (Wildman–Crippen LogP) is 2.82. The Morgan fingerprint density at radius 2 is 2.18 bits per heavy atom. The number of halogens is 1. The fourth-order valence-corrected chi connectivity index (χ4v) is 1.75. The number of hydrogen-bond donors (Lipinski definition) is 0. The Balaban J connectivity index is 3.27. The average molecular weight is 258 g/mol. The van der Waals surface area contributed by atoms with Gasteiger partial charge in [0.1, 0.15) is 0 Å². The van der Waals surface area contributed by atoms with Crippen LogP contribution in [0, 0.1) is 17.0 Å². The molecular weight excluding hydrogens is 246 g/mol. The fraction of sp³-hybridized carbons (Fsp3) is 0.364. The van der Waals surface area contributed by atoms with Crippen molar-refractivity contribution in [2.75, 3.05) is 6.61 Å². The maximum absolute atomic E-state index is 11.5. The Kier molecular flexibility index (Phi) is 4.45. The predicted molar refractivity (Wildman–Crippen MR) is 63.3 cm³/mol. The lowest BCUT2D eigenvalue weighted by Gasteiger charge is -2.07. The Hall–Kier alpha value is -1.62. The van der Waals surface area contributed by atoms with Crippen molar-refractivity contribution in [1.82, 2.24) is 0 Å². The quantitative estimate of drug-likeness (QED) is 0.360. The Bertz CT molecular complexity index is 459. The van der Waals surface area contributed by atoms with Crippen molar-refractivity contribution in [3.63, 3.8) is 0 Å². The molecule has 1 aromatic rings. The molecule has 0 spiro atoms. The van der Waals surface area contributed by atoms with E-state index in [0.29, 0.717) is 11.1 Å². The zero-order valence-electron chi connectivity index (χ0n) is 9.53. The van der Waals surface area contributed by atoms with Gasteiger partial charge in [0.05, 0.1) is 23.0 Å². The summed E-state index contributed by atoms with van der Waals surface area (Å²) in [4.78, 5) is 21.9. The third kappa shape index (κ3) is 2.94. The highest BCUT2D eigenvalue weighted by Gasteiger charge is 2.20. The van der Waals surface area contributed by atoms with Gasteiger partial charge >= 0.3 is 5.97 Å². The first-order valence-corrected chi connectivity index (χ1v) is 5.55. The molecular formula is C11H12ClNO4. The van der Waals surface area contributed by atoms with Crippen LogP contribution < -0.4 is 0 Å². The highest BCUT2D eigenvalue weighted by molar-refractivity contribution is 6.17. The van der Waals surface area contributed by atoms with Gasteiger partial charge in [-0.3, -0.25) is 10.1 Å². The topological polar surface area (TPSA) is 69.4 Å². The minimum Gasteiger partial charge on any atom is -0.462 e. The number of carbonyl (C=O) groups excluding carboxylic acids is 1. The van der Waals surface area contributed by atoms with Crippen LogP contribution in [0.4, 0.5) is 5.69 Å². The fourth-order valence-electron chi connectivity index (χ4n) is 1.55. The summed E-state index contributed by atoms with van der Waals surface area (Å²) in [7, 11) is 0. The second-order valence-electron chi connectivity index (χ2n) is 3.41. The van der Waals surface area contributed by atoms with Crippen molar-refractivity contribution >= 4 is 23.3 Å². The summed E-state index contributed by atoms with van der Waals surface area (Å²) in [5, 5.41) is 10.8. The van der Waals surface area contributed by atoms with Crippen molar-refractivity contribution < 1.29 is 14.5 Å². The molecule has 0 atom stereocenters. The summed E-state index contributed by atoms with van der Waals surface area (Å²) in [5.41, 5.74) is 0.953. The van der Waals surface area contributed by atoms with Gasteiger partial charge in [-0.1, -0.05) is 0 Å². The molecule has 0 aliphatic rings. The number of hydrogen-bond acceptors (Lipinski definition) is 4. The molecule has 0 heterocycles. The van der Waals surface area contributed by atoms with Gasteiger partial charge in [0, 0.05) is 11.1 Å². The molecule has 0 aliphatic carbocycles. The van der Waals surface area contributed by atoms with Crippen LogP contribution in [0.2, 0.25) is 0 Å². The average Bonchev–Trinajstić information content (AvgIpc) is 2.27. The van der Waals surface area contributed by atoms with Crippen LogP contribution in [0.15, 0.2) is 12.1 Å². The molecule has 1 rings (SSSR count). The van der Waals surface area contributed by atoms with Crippen molar-refractivity contribution in [2.24, 2.45) is 0 Å². The number of aryl methyl sites for hydroxylation is 1. The van der Waals surface area contributed by atoms with E-state index in [9.17, 15) is 14.9 Å². The van der Waals surface area contributed by atoms with E-state index in [-0.39, 0.29) is 23.7 Å². The van der Waals surface area contributed by atoms with Gasteiger partial charge < -0.3 is 4.74 Å². The molecule has 0 saturated heterocycles. The standard InChI is InChI=1S/C11H12ClNO4/c1-3-17-11(14)8-4-7(2)10(13(15)16)9(5-8)6-12/h4-5H,3,6H2,1-2H3. The Labute approximate surface area is 103 Å². The summed E-state index contributed by atoms with van der Waals surface area (Å²) in [5.74, 6) is -0.526. The maximum Gasteiger partial charge on any atom is 0.338 e. The van der Waals surface area contributed by atoms with E-state index >= 15 is 0 Å². The van der Waals surface area contributed by atoms with Crippen molar-refractivity contribution in [1.29, 1.82) is 0 Å². The zero-order chi connectivity index (χ0) is 13.0. The first-order chi connectivity index (χ1) is 8.01. The molecule has 0 aliphatic heterocycles. The third-order valence-electron chi connectivity index (χ3n) is 2.22. The molecule has 0 unspecified atom stereocenters. The second kappa shape index (κ2) is 5.63. The zero-order valence-corrected chi connectivity index (χ0v) is 10.3. The molecule has 17 heavy (non-hydrogen) atoms. The summed E-state index contributed by atoms with van der Waals surface area (Å²) < 4.78 is 4.83. The minimum absolute atomic E-state index is 0.0234. The largest absolute Gasteiger partial charge is 0.462 e. The van der Waals surface area contributed by atoms with Gasteiger partial charge in [-0.2, -0.15) is 0 Å². The summed E-state index contributed by atoms with van der Waals surface area (Å²) in [6.45, 7) is 3.51. The van der Waals surface area contributed by atoms with Crippen LogP contribution in [-0.2, 0) is 10.6 Å². The molecule has 0 fully saturated rings. The molecule has 1 aromatic carbocycles. The number of nitro benzene ring substituents is 1. The van der Waals surface area contributed by atoms with Crippen LogP contribution in [0.5, 0.6) is 0 Å². The van der Waals surface area contributed by atoms with E-state index < -0.39 is 10.9 Å². The highest BCUT2D eigenvalue weighted by atomic mass is 35.5. The van der Waals surface area contributed by atoms with E-state index in [0.717, 1.165) is 0 Å². The van der Waals surface area contributed by atoms with E-state index in [1.165, 1.54) is 12.1 Å². The molecule has 0 amide bonds. The molecule has 92 valence electrons. The van der Waals surface area contributed by atoms with Crippen LogP contribution >= 0.6 is 11.6 Å². The van der Waals surface area contributed by atoms with Gasteiger partial charge in [0.15, 0.2) is 0 Å². The van der Waals surface area contributed by atoms with Crippen molar-refractivity contribution in [3.8, 4) is 0 Å². The van der Waals surface area contributed by atoms with E-state index in [4.69, 9.17) is 16.3 Å². The van der Waals surface area contributed by atoms with Crippen LogP contribution in [0.3, 0.4) is 0 Å². The van der Waals surface area contributed by atoms with Crippen molar-refractivity contribution in [3.05, 3.63) is 38.9 Å². The van der Waals surface area contributed by atoms with E-state index in [2.05, 4.69) is 0 Å². The normalized spacial score (nSPS) is 10.1. The molecule has 0 N–H and O–H groups in total. The summed E-state index contributed by atoms with van der Waals surface area (Å²) in [6, 6.07) is 2.84. The van der Waals surface area contributed by atoms with E-state index in [1.807, 2.05) is 0 Å². The molecule has 0 aromatic heterocycles. The SMILES string of the molecule is CCOC(=O)c1cc(C)c([N+](=O)[O-])c(CCl)c1. The van der Waals surface area contributed by atoms with Crippen LogP contribution in [0.25, 0.3) is 0 Å². The highest BCUT2D eigenvalue weighted by Crippen LogP contribution is 2.26. The van der Waals surface area contributed by atoms with Gasteiger partial charge in [-0.05, 0) is 26.0 Å². The van der Waals surface area contributed by atoms with Gasteiger partial charge in [-0.15, -0.1) is 11.6 Å². The van der Waals surface area contributed by atoms with Crippen molar-refractivity contribution in [2.45, 2.75) is 19.7 Å². The number of carbonyl (C=O) groups is 1. The number of rotatable bonds is 4. The smallest absolute Gasteiger partial charge is 0.338 e.